The smallest absolute Gasteiger partial charge is 0.330 e. The second-order valence-corrected chi connectivity index (χ2v) is 6.43. The molecule has 0 bridgehead atoms. The van der Waals surface area contributed by atoms with E-state index in [1.54, 1.807) is 18.5 Å². The summed E-state index contributed by atoms with van der Waals surface area (Å²) in [7, 11) is 0. The van der Waals surface area contributed by atoms with E-state index in [0.29, 0.717) is 35.3 Å². The third-order valence-electron chi connectivity index (χ3n) is 3.22. The Morgan fingerprint density at radius 1 is 1.42 bits per heavy atom. The molecule has 0 N–H and O–H groups in total. The third kappa shape index (κ3) is 6.19. The molecule has 0 fully saturated rings. The highest BCUT2D eigenvalue weighted by Gasteiger charge is 2.32. The van der Waals surface area contributed by atoms with Crippen LogP contribution >= 0.6 is 11.6 Å². The molecule has 1 aromatic rings. The van der Waals surface area contributed by atoms with Crippen molar-refractivity contribution in [3.05, 3.63) is 22.5 Å². The fourth-order valence-corrected chi connectivity index (χ4v) is 2.54. The standard InChI is InChI=1S/C16H23ClF3N3O/c1-5-8-22(10-16(18,19)20)14(24)7-6-13-12(4)21-23(15(13)17)9-11(2)3/h6-7,11H,5,8-10H2,1-4H3/b7-6+. The average molecular weight is 366 g/mol. The monoisotopic (exact) mass is 365 g/mol. The molecule has 0 saturated carbocycles. The van der Waals surface area contributed by atoms with Crippen molar-refractivity contribution in [2.45, 2.75) is 46.8 Å². The number of aromatic nitrogens is 2. The minimum Gasteiger partial charge on any atom is -0.330 e. The van der Waals surface area contributed by atoms with Gasteiger partial charge in [0.25, 0.3) is 0 Å². The quantitative estimate of drug-likeness (QED) is 0.675. The van der Waals surface area contributed by atoms with Gasteiger partial charge in [-0.05, 0) is 25.3 Å². The topological polar surface area (TPSA) is 38.1 Å². The summed E-state index contributed by atoms with van der Waals surface area (Å²) in [5.41, 5.74) is 1.18. The molecule has 0 unspecified atom stereocenters. The molecule has 4 nitrogen and oxygen atoms in total. The van der Waals surface area contributed by atoms with Crippen molar-refractivity contribution in [2.75, 3.05) is 13.1 Å². The second kappa shape index (κ2) is 8.55. The van der Waals surface area contributed by atoms with Crippen LogP contribution in [0, 0.1) is 12.8 Å². The Hall–Kier alpha value is -1.50. The highest BCUT2D eigenvalue weighted by atomic mass is 35.5. The summed E-state index contributed by atoms with van der Waals surface area (Å²) in [6.45, 7) is 6.91. The molecule has 0 aliphatic rings. The van der Waals surface area contributed by atoms with Gasteiger partial charge < -0.3 is 4.90 Å². The molecule has 1 aromatic heterocycles. The van der Waals surface area contributed by atoms with Gasteiger partial charge in [-0.2, -0.15) is 18.3 Å². The molecule has 0 aliphatic carbocycles. The molecule has 0 radical (unpaired) electrons. The predicted octanol–water partition coefficient (Wildman–Crippen LogP) is 4.32. The van der Waals surface area contributed by atoms with Crippen LogP contribution in [0.3, 0.4) is 0 Å². The van der Waals surface area contributed by atoms with Gasteiger partial charge in [-0.1, -0.05) is 32.4 Å². The van der Waals surface area contributed by atoms with Crippen LogP contribution in [0.1, 0.15) is 38.4 Å². The van der Waals surface area contributed by atoms with Gasteiger partial charge in [0.1, 0.15) is 11.7 Å². The van der Waals surface area contributed by atoms with E-state index in [9.17, 15) is 18.0 Å². The Labute approximate surface area is 145 Å². The number of carbonyl (C=O) groups is 1. The second-order valence-electron chi connectivity index (χ2n) is 6.07. The van der Waals surface area contributed by atoms with Gasteiger partial charge in [0.2, 0.25) is 5.91 Å². The van der Waals surface area contributed by atoms with Gasteiger partial charge in [-0.15, -0.1) is 0 Å². The molecule has 0 spiro atoms. The fraction of sp³-hybridized carbons (Fsp3) is 0.625. The van der Waals surface area contributed by atoms with E-state index in [-0.39, 0.29) is 6.54 Å². The van der Waals surface area contributed by atoms with E-state index in [1.807, 2.05) is 13.8 Å². The zero-order valence-electron chi connectivity index (χ0n) is 14.3. The number of nitrogens with zero attached hydrogens (tertiary/aromatic N) is 3. The van der Waals surface area contributed by atoms with E-state index in [4.69, 9.17) is 11.6 Å². The summed E-state index contributed by atoms with van der Waals surface area (Å²) >= 11 is 6.25. The first-order valence-corrected chi connectivity index (χ1v) is 8.19. The summed E-state index contributed by atoms with van der Waals surface area (Å²) in [5.74, 6) is -0.353. The lowest BCUT2D eigenvalue weighted by atomic mass is 10.2. The first-order valence-electron chi connectivity index (χ1n) is 7.81. The van der Waals surface area contributed by atoms with E-state index in [2.05, 4.69) is 5.10 Å². The van der Waals surface area contributed by atoms with Crippen molar-refractivity contribution in [2.24, 2.45) is 5.92 Å². The van der Waals surface area contributed by atoms with Crippen molar-refractivity contribution < 1.29 is 18.0 Å². The molecule has 0 atom stereocenters. The first kappa shape index (κ1) is 20.5. The van der Waals surface area contributed by atoms with Gasteiger partial charge >= 0.3 is 6.18 Å². The number of amides is 1. The van der Waals surface area contributed by atoms with Crippen LogP contribution in [0.25, 0.3) is 6.08 Å². The van der Waals surface area contributed by atoms with Gasteiger partial charge in [0.05, 0.1) is 5.69 Å². The Morgan fingerprint density at radius 3 is 2.54 bits per heavy atom. The van der Waals surface area contributed by atoms with Crippen LogP contribution in [-0.4, -0.2) is 39.9 Å². The SMILES string of the molecule is CCCN(CC(F)(F)F)C(=O)/C=C/c1c(C)nn(CC(C)C)c1Cl. The highest BCUT2D eigenvalue weighted by molar-refractivity contribution is 6.31. The lowest BCUT2D eigenvalue weighted by Crippen LogP contribution is -2.38. The molecule has 1 amide bonds. The van der Waals surface area contributed by atoms with E-state index in [0.717, 1.165) is 11.0 Å². The fourth-order valence-electron chi connectivity index (χ4n) is 2.24. The van der Waals surface area contributed by atoms with Crippen LogP contribution in [0.2, 0.25) is 5.15 Å². The van der Waals surface area contributed by atoms with Gasteiger partial charge in [0.15, 0.2) is 0 Å². The molecule has 24 heavy (non-hydrogen) atoms. The van der Waals surface area contributed by atoms with Crippen LogP contribution < -0.4 is 0 Å². The van der Waals surface area contributed by atoms with Crippen LogP contribution in [0.4, 0.5) is 13.2 Å². The Morgan fingerprint density at radius 2 is 2.04 bits per heavy atom. The predicted molar refractivity (Wildman–Crippen MR) is 88.8 cm³/mol. The van der Waals surface area contributed by atoms with Crippen LogP contribution in [-0.2, 0) is 11.3 Å². The number of aryl methyl sites for hydroxylation is 1. The van der Waals surface area contributed by atoms with Crippen molar-refractivity contribution in [3.8, 4) is 0 Å². The van der Waals surface area contributed by atoms with Gasteiger partial charge in [-0.25, -0.2) is 0 Å². The number of halogens is 4. The maximum absolute atomic E-state index is 12.6. The van der Waals surface area contributed by atoms with Gasteiger partial charge in [0, 0.05) is 24.7 Å². The van der Waals surface area contributed by atoms with E-state index >= 15 is 0 Å². The molecule has 136 valence electrons. The van der Waals surface area contributed by atoms with Crippen LogP contribution in [0.5, 0.6) is 0 Å². The Balaban J connectivity index is 2.94. The number of hydrogen-bond acceptors (Lipinski definition) is 2. The number of alkyl halides is 3. The minimum atomic E-state index is -4.42. The molecule has 0 aliphatic heterocycles. The molecule has 0 aromatic carbocycles. The molecule has 0 saturated heterocycles. The molecule has 1 rings (SSSR count). The number of rotatable bonds is 7. The first-order chi connectivity index (χ1) is 11.0. The summed E-state index contributed by atoms with van der Waals surface area (Å²) < 4.78 is 39.3. The lowest BCUT2D eigenvalue weighted by molar-refractivity contribution is -0.158. The largest absolute Gasteiger partial charge is 0.406 e. The number of hydrogen-bond donors (Lipinski definition) is 0. The van der Waals surface area contributed by atoms with Crippen molar-refractivity contribution >= 4 is 23.6 Å². The summed E-state index contributed by atoms with van der Waals surface area (Å²) in [6.07, 6.45) is -1.42. The van der Waals surface area contributed by atoms with E-state index < -0.39 is 18.6 Å². The average Bonchev–Trinajstić information content (AvgIpc) is 2.68. The van der Waals surface area contributed by atoms with Gasteiger partial charge in [-0.3, -0.25) is 9.48 Å². The number of carbonyl (C=O) groups excluding carboxylic acids is 1. The van der Waals surface area contributed by atoms with Crippen molar-refractivity contribution in [1.82, 2.24) is 14.7 Å². The molecular weight excluding hydrogens is 343 g/mol. The third-order valence-corrected chi connectivity index (χ3v) is 3.61. The maximum atomic E-state index is 12.6. The lowest BCUT2D eigenvalue weighted by Gasteiger charge is -2.21. The van der Waals surface area contributed by atoms with Crippen LogP contribution in [0.15, 0.2) is 6.08 Å². The molecule has 1 heterocycles. The highest BCUT2D eigenvalue weighted by Crippen LogP contribution is 2.23. The zero-order valence-corrected chi connectivity index (χ0v) is 15.1. The van der Waals surface area contributed by atoms with Crippen molar-refractivity contribution in [1.29, 1.82) is 0 Å². The Kier molecular flexibility index (Phi) is 7.32. The van der Waals surface area contributed by atoms with Crippen molar-refractivity contribution in [3.63, 3.8) is 0 Å². The molecule has 8 heteroatoms. The van der Waals surface area contributed by atoms with E-state index in [1.165, 1.54) is 6.08 Å². The Bertz CT molecular complexity index is 594. The summed E-state index contributed by atoms with van der Waals surface area (Å²) in [6, 6.07) is 0. The summed E-state index contributed by atoms with van der Waals surface area (Å²) in [5, 5.41) is 4.68. The molecular formula is C16H23ClF3N3O. The summed E-state index contributed by atoms with van der Waals surface area (Å²) in [4.78, 5) is 12.8. The minimum absolute atomic E-state index is 0.0437. The maximum Gasteiger partial charge on any atom is 0.406 e. The normalized spacial score (nSPS) is 12.4. The zero-order chi connectivity index (χ0) is 18.5.